The summed E-state index contributed by atoms with van der Waals surface area (Å²) in [4.78, 5) is 27.7. The van der Waals surface area contributed by atoms with Crippen molar-refractivity contribution >= 4 is 11.9 Å². The van der Waals surface area contributed by atoms with Crippen molar-refractivity contribution in [3.05, 3.63) is 78.4 Å². The van der Waals surface area contributed by atoms with E-state index in [9.17, 15) is 24.2 Å². The van der Waals surface area contributed by atoms with Crippen molar-refractivity contribution in [2.75, 3.05) is 13.3 Å². The van der Waals surface area contributed by atoms with Crippen LogP contribution in [0.4, 0.5) is 4.39 Å². The van der Waals surface area contributed by atoms with Crippen LogP contribution in [0.5, 0.6) is 5.75 Å². The molecule has 3 heterocycles. The predicted octanol–water partition coefficient (Wildman–Crippen LogP) is 4.33. The first kappa shape index (κ1) is 26.6. The number of halogens is 1. The van der Waals surface area contributed by atoms with E-state index < -0.39 is 36.5 Å². The van der Waals surface area contributed by atoms with Gasteiger partial charge < -0.3 is 20.3 Å². The van der Waals surface area contributed by atoms with Gasteiger partial charge in [-0.1, -0.05) is 6.08 Å². The van der Waals surface area contributed by atoms with Crippen LogP contribution in [0.15, 0.2) is 78.4 Å². The molecule has 198 valence electrons. The standard InChI is InChI=1S/C28H29FN4O5/c1-18-13-19(2)28(31-15-18,24(27(36)37)14-25(34)35)17-38-22-5-3-21(4-6-22)26-23(16-33(32-26)12-9-29)20-7-10-30-11-8-20/h3-8,10-11,13,15-16,24,31H,9,12,14,17H2,1-2H3,(H,34,35)(H,36,37). The molecule has 2 atom stereocenters. The molecule has 0 fully saturated rings. The van der Waals surface area contributed by atoms with Crippen LogP contribution in [0.25, 0.3) is 22.4 Å². The summed E-state index contributed by atoms with van der Waals surface area (Å²) in [5.74, 6) is -3.23. The van der Waals surface area contributed by atoms with Crippen LogP contribution in [0.3, 0.4) is 0 Å². The largest absolute Gasteiger partial charge is 0.491 e. The lowest BCUT2D eigenvalue weighted by molar-refractivity contribution is -0.151. The normalized spacial score (nSPS) is 17.7. The number of carbonyl (C=O) groups is 2. The number of nitrogens with zero attached hydrogens (tertiary/aromatic N) is 3. The van der Waals surface area contributed by atoms with Gasteiger partial charge in [0.05, 0.1) is 18.9 Å². The van der Waals surface area contributed by atoms with E-state index in [0.29, 0.717) is 17.0 Å². The molecule has 0 spiro atoms. The zero-order valence-corrected chi connectivity index (χ0v) is 21.1. The molecule has 0 saturated carbocycles. The molecule has 3 aromatic rings. The van der Waals surface area contributed by atoms with E-state index in [2.05, 4.69) is 15.4 Å². The molecule has 0 saturated heterocycles. The van der Waals surface area contributed by atoms with Gasteiger partial charge in [-0.3, -0.25) is 19.3 Å². The van der Waals surface area contributed by atoms with Gasteiger partial charge in [0.15, 0.2) is 0 Å². The van der Waals surface area contributed by atoms with Crippen LogP contribution in [-0.4, -0.2) is 55.7 Å². The summed E-state index contributed by atoms with van der Waals surface area (Å²) in [6.45, 7) is 3.12. The Bertz CT molecular complexity index is 1370. The maximum Gasteiger partial charge on any atom is 0.309 e. The number of hydrogen-bond acceptors (Lipinski definition) is 6. The average molecular weight is 521 g/mol. The minimum atomic E-state index is -1.26. The monoisotopic (exact) mass is 520 g/mol. The summed E-state index contributed by atoms with van der Waals surface area (Å²) in [6.07, 6.45) is 8.09. The summed E-state index contributed by atoms with van der Waals surface area (Å²) in [5.41, 5.74) is 3.50. The Labute approximate surface area is 219 Å². The quantitative estimate of drug-likeness (QED) is 0.341. The SMILES string of the molecule is CC1=CNC(COc2ccc(-c3nn(CCF)cc3-c3ccncc3)cc2)(C(CC(=O)O)C(=O)O)C(C)=C1. The van der Waals surface area contributed by atoms with Gasteiger partial charge in [-0.2, -0.15) is 5.10 Å². The number of carboxylic acid groups (broad SMARTS) is 2. The maximum absolute atomic E-state index is 13.0. The number of alkyl halides is 1. The van der Waals surface area contributed by atoms with Crippen LogP contribution in [0.1, 0.15) is 20.3 Å². The molecule has 0 amide bonds. The van der Waals surface area contributed by atoms with Crippen molar-refractivity contribution in [1.82, 2.24) is 20.1 Å². The zero-order chi connectivity index (χ0) is 27.3. The van der Waals surface area contributed by atoms with Crippen molar-refractivity contribution in [2.45, 2.75) is 32.4 Å². The molecule has 3 N–H and O–H groups in total. The number of aliphatic carboxylic acids is 2. The predicted molar refractivity (Wildman–Crippen MR) is 139 cm³/mol. The summed E-state index contributed by atoms with van der Waals surface area (Å²) < 4.78 is 20.6. The number of ether oxygens (including phenoxy) is 1. The molecule has 1 aliphatic rings. The number of rotatable bonds is 11. The van der Waals surface area contributed by atoms with E-state index in [-0.39, 0.29) is 13.2 Å². The van der Waals surface area contributed by atoms with E-state index in [1.165, 1.54) is 0 Å². The number of aryl methyl sites for hydroxylation is 1. The van der Waals surface area contributed by atoms with E-state index in [4.69, 9.17) is 4.74 Å². The van der Waals surface area contributed by atoms with Gasteiger partial charge in [-0.25, -0.2) is 4.39 Å². The fourth-order valence-corrected chi connectivity index (χ4v) is 4.63. The number of allylic oxidation sites excluding steroid dienone is 2. The minimum absolute atomic E-state index is 0.101. The van der Waals surface area contributed by atoms with E-state index in [1.54, 1.807) is 48.5 Å². The third-order valence-electron chi connectivity index (χ3n) is 6.64. The first-order chi connectivity index (χ1) is 18.2. The first-order valence-electron chi connectivity index (χ1n) is 12.1. The van der Waals surface area contributed by atoms with Gasteiger partial charge >= 0.3 is 11.9 Å². The topological polar surface area (TPSA) is 127 Å². The highest BCUT2D eigenvalue weighted by molar-refractivity contribution is 5.81. The van der Waals surface area contributed by atoms with Crippen molar-refractivity contribution in [3.8, 4) is 28.1 Å². The molecule has 1 aromatic carbocycles. The Balaban J connectivity index is 1.61. The summed E-state index contributed by atoms with van der Waals surface area (Å²) in [6, 6.07) is 10.8. The lowest BCUT2D eigenvalue weighted by atomic mass is 9.75. The molecule has 10 heteroatoms. The van der Waals surface area contributed by atoms with Crippen LogP contribution in [0.2, 0.25) is 0 Å². The number of pyridine rings is 1. The maximum atomic E-state index is 13.0. The van der Waals surface area contributed by atoms with Crippen LogP contribution >= 0.6 is 0 Å². The van der Waals surface area contributed by atoms with Gasteiger partial charge in [-0.05, 0) is 67.0 Å². The molecule has 2 unspecified atom stereocenters. The highest BCUT2D eigenvalue weighted by atomic mass is 19.1. The molecular formula is C28H29FN4O5. The molecular weight excluding hydrogens is 491 g/mol. The summed E-state index contributed by atoms with van der Waals surface area (Å²) in [5, 5.41) is 27.0. The smallest absolute Gasteiger partial charge is 0.309 e. The van der Waals surface area contributed by atoms with Gasteiger partial charge in [0, 0.05) is 35.9 Å². The number of carboxylic acids is 2. The minimum Gasteiger partial charge on any atom is -0.491 e. The molecule has 0 radical (unpaired) electrons. The number of aromatic nitrogens is 3. The summed E-state index contributed by atoms with van der Waals surface area (Å²) in [7, 11) is 0. The van der Waals surface area contributed by atoms with Crippen molar-refractivity contribution in [2.24, 2.45) is 5.92 Å². The third kappa shape index (κ3) is 5.59. The summed E-state index contributed by atoms with van der Waals surface area (Å²) >= 11 is 0. The van der Waals surface area contributed by atoms with Crippen molar-refractivity contribution in [1.29, 1.82) is 0 Å². The first-order valence-corrected chi connectivity index (χ1v) is 12.1. The second kappa shape index (κ2) is 11.3. The Kier molecular flexibility index (Phi) is 7.90. The number of nitrogens with one attached hydrogen (secondary N) is 1. The third-order valence-corrected chi connectivity index (χ3v) is 6.64. The molecule has 1 aliphatic heterocycles. The number of hydrogen-bond donors (Lipinski definition) is 3. The van der Waals surface area contributed by atoms with Gasteiger partial charge in [-0.15, -0.1) is 0 Å². The second-order valence-corrected chi connectivity index (χ2v) is 9.21. The van der Waals surface area contributed by atoms with Crippen molar-refractivity contribution < 1.29 is 28.9 Å². The number of dihydropyridines is 1. The Hall–Kier alpha value is -4.47. The molecule has 9 nitrogen and oxygen atoms in total. The van der Waals surface area contributed by atoms with Gasteiger partial charge in [0.1, 0.15) is 30.3 Å². The van der Waals surface area contributed by atoms with Gasteiger partial charge in [0.2, 0.25) is 0 Å². The fraction of sp³-hybridized carbons (Fsp3) is 0.286. The van der Waals surface area contributed by atoms with Crippen LogP contribution < -0.4 is 10.1 Å². The highest BCUT2D eigenvalue weighted by Gasteiger charge is 2.47. The lowest BCUT2D eigenvalue weighted by Gasteiger charge is -2.41. The molecule has 0 aliphatic carbocycles. The van der Waals surface area contributed by atoms with Crippen LogP contribution in [0, 0.1) is 5.92 Å². The zero-order valence-electron chi connectivity index (χ0n) is 21.1. The molecule has 38 heavy (non-hydrogen) atoms. The molecule has 4 rings (SSSR count). The van der Waals surface area contributed by atoms with E-state index >= 15 is 0 Å². The fourth-order valence-electron chi connectivity index (χ4n) is 4.63. The average Bonchev–Trinajstić information content (AvgIpc) is 3.32. The Morgan fingerprint density at radius 1 is 1.11 bits per heavy atom. The lowest BCUT2D eigenvalue weighted by Crippen LogP contribution is -2.58. The Morgan fingerprint density at radius 2 is 1.82 bits per heavy atom. The van der Waals surface area contributed by atoms with Crippen LogP contribution in [-0.2, 0) is 16.1 Å². The van der Waals surface area contributed by atoms with E-state index in [1.807, 2.05) is 37.3 Å². The molecule has 2 aromatic heterocycles. The van der Waals surface area contributed by atoms with Crippen molar-refractivity contribution in [3.63, 3.8) is 0 Å². The number of benzene rings is 1. The van der Waals surface area contributed by atoms with E-state index in [0.717, 1.165) is 22.3 Å². The van der Waals surface area contributed by atoms with Gasteiger partial charge in [0.25, 0.3) is 0 Å². The highest BCUT2D eigenvalue weighted by Crippen LogP contribution is 2.35. The molecule has 0 bridgehead atoms. The Morgan fingerprint density at radius 3 is 2.42 bits per heavy atom. The second-order valence-electron chi connectivity index (χ2n) is 9.21.